The Kier molecular flexibility index (Phi) is 2.96. The molecule has 1 aliphatic rings. The second-order valence-corrected chi connectivity index (χ2v) is 4.59. The quantitative estimate of drug-likeness (QED) is 0.817. The summed E-state index contributed by atoms with van der Waals surface area (Å²) in [5.74, 6) is 0.922. The van der Waals surface area contributed by atoms with Gasteiger partial charge in [-0.25, -0.2) is 0 Å². The molecular formula is C12H14N6O. The van der Waals surface area contributed by atoms with Gasteiger partial charge in [0.05, 0.1) is 0 Å². The Hall–Kier alpha value is -2.28. The van der Waals surface area contributed by atoms with Crippen molar-refractivity contribution in [1.82, 2.24) is 20.6 Å². The molecule has 1 aliphatic heterocycles. The molecule has 1 amide bonds. The first kappa shape index (κ1) is 11.8. The number of aromatic amines is 1. The van der Waals surface area contributed by atoms with Crippen molar-refractivity contribution in [2.75, 3.05) is 18.0 Å². The average Bonchev–Trinajstić information content (AvgIpc) is 3.08. The van der Waals surface area contributed by atoms with E-state index in [1.165, 1.54) is 0 Å². The zero-order chi connectivity index (χ0) is 13.2. The van der Waals surface area contributed by atoms with Crippen LogP contribution in [0.5, 0.6) is 0 Å². The van der Waals surface area contributed by atoms with E-state index >= 15 is 0 Å². The van der Waals surface area contributed by atoms with E-state index in [1.807, 2.05) is 24.3 Å². The van der Waals surface area contributed by atoms with Gasteiger partial charge >= 0.3 is 0 Å². The molecule has 2 aromatic rings. The van der Waals surface area contributed by atoms with Crippen molar-refractivity contribution in [1.29, 1.82) is 0 Å². The zero-order valence-corrected chi connectivity index (χ0v) is 10.3. The highest BCUT2D eigenvalue weighted by atomic mass is 16.2. The summed E-state index contributed by atoms with van der Waals surface area (Å²) in [7, 11) is 0. The first-order valence-corrected chi connectivity index (χ1v) is 6.12. The molecule has 0 aliphatic carbocycles. The number of tetrazole rings is 1. The van der Waals surface area contributed by atoms with Gasteiger partial charge in [-0.2, -0.15) is 5.21 Å². The van der Waals surface area contributed by atoms with Crippen LogP contribution in [0.1, 0.15) is 6.42 Å². The Morgan fingerprint density at radius 3 is 2.74 bits per heavy atom. The van der Waals surface area contributed by atoms with Crippen molar-refractivity contribution in [2.24, 2.45) is 11.7 Å². The number of nitrogens with two attached hydrogens (primary N) is 1. The van der Waals surface area contributed by atoms with Gasteiger partial charge in [0.1, 0.15) is 0 Å². The summed E-state index contributed by atoms with van der Waals surface area (Å²) < 4.78 is 0. The molecule has 1 saturated heterocycles. The summed E-state index contributed by atoms with van der Waals surface area (Å²) >= 11 is 0. The van der Waals surface area contributed by atoms with Crippen LogP contribution in [-0.2, 0) is 4.79 Å². The summed E-state index contributed by atoms with van der Waals surface area (Å²) in [5, 5.41) is 13.7. The average molecular weight is 258 g/mol. The fourth-order valence-corrected chi connectivity index (χ4v) is 2.26. The first-order valence-electron chi connectivity index (χ1n) is 6.12. The summed E-state index contributed by atoms with van der Waals surface area (Å²) in [6, 6.07) is 7.54. The number of aromatic nitrogens is 4. The van der Waals surface area contributed by atoms with Gasteiger partial charge in [-0.3, -0.25) is 4.79 Å². The third-order valence-electron chi connectivity index (χ3n) is 3.32. The molecule has 7 heteroatoms. The Morgan fingerprint density at radius 1 is 1.37 bits per heavy atom. The van der Waals surface area contributed by atoms with Crippen LogP contribution in [-0.4, -0.2) is 39.6 Å². The molecule has 2 heterocycles. The van der Waals surface area contributed by atoms with E-state index in [0.717, 1.165) is 11.3 Å². The molecule has 0 bridgehead atoms. The number of carbonyl (C=O) groups is 1. The van der Waals surface area contributed by atoms with Gasteiger partial charge in [-0.15, -0.1) is 10.2 Å². The molecule has 98 valence electrons. The molecule has 1 atom stereocenters. The van der Waals surface area contributed by atoms with E-state index in [2.05, 4.69) is 20.6 Å². The summed E-state index contributed by atoms with van der Waals surface area (Å²) in [6.45, 7) is 1.24. The number of nitrogens with one attached hydrogen (secondary N) is 1. The molecule has 1 unspecified atom stereocenters. The largest absolute Gasteiger partial charge is 0.330 e. The van der Waals surface area contributed by atoms with Gasteiger partial charge in [0.15, 0.2) is 0 Å². The molecule has 1 aromatic carbocycles. The number of benzene rings is 1. The van der Waals surface area contributed by atoms with Crippen molar-refractivity contribution in [3.63, 3.8) is 0 Å². The minimum absolute atomic E-state index is 0.128. The number of amides is 1. The zero-order valence-electron chi connectivity index (χ0n) is 10.3. The molecule has 0 radical (unpaired) electrons. The first-order chi connectivity index (χ1) is 9.28. The number of rotatable bonds is 3. The Balaban J connectivity index is 1.81. The standard InChI is InChI=1S/C12H14N6O/c13-6-8-5-11(19)18(7-8)10-3-1-9(2-4-10)12-14-16-17-15-12/h1-4,8H,5-7,13H2,(H,14,15,16,17). The van der Waals surface area contributed by atoms with Crippen molar-refractivity contribution < 1.29 is 4.79 Å². The minimum Gasteiger partial charge on any atom is -0.330 e. The molecule has 19 heavy (non-hydrogen) atoms. The maximum absolute atomic E-state index is 11.9. The van der Waals surface area contributed by atoms with Gasteiger partial charge in [0.2, 0.25) is 11.7 Å². The highest BCUT2D eigenvalue weighted by molar-refractivity contribution is 5.95. The van der Waals surface area contributed by atoms with E-state index in [1.54, 1.807) is 4.90 Å². The van der Waals surface area contributed by atoms with Crippen LogP contribution >= 0.6 is 0 Å². The lowest BCUT2D eigenvalue weighted by Crippen LogP contribution is -2.25. The lowest BCUT2D eigenvalue weighted by molar-refractivity contribution is -0.117. The van der Waals surface area contributed by atoms with E-state index in [9.17, 15) is 4.79 Å². The van der Waals surface area contributed by atoms with E-state index in [4.69, 9.17) is 5.73 Å². The lowest BCUT2D eigenvalue weighted by Gasteiger charge is -2.16. The molecule has 1 fully saturated rings. The van der Waals surface area contributed by atoms with Gasteiger partial charge < -0.3 is 10.6 Å². The highest BCUT2D eigenvalue weighted by Crippen LogP contribution is 2.26. The van der Waals surface area contributed by atoms with Crippen molar-refractivity contribution in [3.05, 3.63) is 24.3 Å². The molecular weight excluding hydrogens is 244 g/mol. The van der Waals surface area contributed by atoms with E-state index < -0.39 is 0 Å². The number of hydrogen-bond acceptors (Lipinski definition) is 5. The fourth-order valence-electron chi connectivity index (χ4n) is 2.26. The maximum Gasteiger partial charge on any atom is 0.227 e. The monoisotopic (exact) mass is 258 g/mol. The second-order valence-electron chi connectivity index (χ2n) is 4.59. The predicted molar refractivity (Wildman–Crippen MR) is 69.1 cm³/mol. The SMILES string of the molecule is NCC1CC(=O)N(c2ccc(-c3nn[nH]n3)cc2)C1. The molecule has 7 nitrogen and oxygen atoms in total. The van der Waals surface area contributed by atoms with Crippen LogP contribution < -0.4 is 10.6 Å². The van der Waals surface area contributed by atoms with Gasteiger partial charge in [0, 0.05) is 24.2 Å². The predicted octanol–water partition coefficient (Wildman–Crippen LogP) is 0.178. The Labute approximate surface area is 109 Å². The molecule has 3 N–H and O–H groups in total. The molecule has 0 saturated carbocycles. The third kappa shape index (κ3) is 2.19. The van der Waals surface area contributed by atoms with Gasteiger partial charge in [-0.05, 0) is 41.9 Å². The van der Waals surface area contributed by atoms with Crippen LogP contribution in [0.4, 0.5) is 5.69 Å². The number of hydrogen-bond donors (Lipinski definition) is 2. The van der Waals surface area contributed by atoms with Crippen LogP contribution in [0.15, 0.2) is 24.3 Å². The maximum atomic E-state index is 11.9. The molecule has 3 rings (SSSR count). The molecule has 1 aromatic heterocycles. The van der Waals surface area contributed by atoms with Gasteiger partial charge in [-0.1, -0.05) is 0 Å². The number of H-pyrrole nitrogens is 1. The van der Waals surface area contributed by atoms with E-state index in [-0.39, 0.29) is 11.8 Å². The number of anilines is 1. The van der Waals surface area contributed by atoms with Crippen LogP contribution in [0.25, 0.3) is 11.4 Å². The normalized spacial score (nSPS) is 19.1. The fraction of sp³-hybridized carbons (Fsp3) is 0.333. The summed E-state index contributed by atoms with van der Waals surface area (Å²) in [5.41, 5.74) is 7.36. The summed E-state index contributed by atoms with van der Waals surface area (Å²) in [4.78, 5) is 13.7. The van der Waals surface area contributed by atoms with Crippen molar-refractivity contribution in [2.45, 2.75) is 6.42 Å². The number of nitrogens with zero attached hydrogens (tertiary/aromatic N) is 4. The van der Waals surface area contributed by atoms with E-state index in [0.29, 0.717) is 25.3 Å². The minimum atomic E-state index is 0.128. The Morgan fingerprint density at radius 2 is 2.16 bits per heavy atom. The van der Waals surface area contributed by atoms with Crippen molar-refractivity contribution >= 4 is 11.6 Å². The van der Waals surface area contributed by atoms with Crippen molar-refractivity contribution in [3.8, 4) is 11.4 Å². The van der Waals surface area contributed by atoms with Gasteiger partial charge in [0.25, 0.3) is 0 Å². The van der Waals surface area contributed by atoms with Crippen LogP contribution in [0, 0.1) is 5.92 Å². The lowest BCUT2D eigenvalue weighted by atomic mass is 10.1. The summed E-state index contributed by atoms with van der Waals surface area (Å²) in [6.07, 6.45) is 0.531. The number of carbonyl (C=O) groups excluding carboxylic acids is 1. The van der Waals surface area contributed by atoms with Crippen LogP contribution in [0.2, 0.25) is 0 Å². The second kappa shape index (κ2) is 4.77. The smallest absolute Gasteiger partial charge is 0.227 e. The Bertz CT molecular complexity index is 564. The third-order valence-corrected chi connectivity index (χ3v) is 3.32. The van der Waals surface area contributed by atoms with Crippen LogP contribution in [0.3, 0.4) is 0 Å². The topological polar surface area (TPSA) is 101 Å². The highest BCUT2D eigenvalue weighted by Gasteiger charge is 2.29. The molecule has 0 spiro atoms.